The number of aryl methyl sites for hydroxylation is 1. The molecule has 1 N–H and O–H groups in total. The van der Waals surface area contributed by atoms with Gasteiger partial charge in [-0.25, -0.2) is 0 Å². The zero-order chi connectivity index (χ0) is 13.1. The molecule has 1 aliphatic rings. The van der Waals surface area contributed by atoms with Crippen LogP contribution in [-0.4, -0.2) is 35.7 Å². The van der Waals surface area contributed by atoms with Gasteiger partial charge >= 0.3 is 0 Å². The minimum Gasteiger partial charge on any atom is -0.337 e. The molecule has 2 atom stereocenters. The van der Waals surface area contributed by atoms with Crippen molar-refractivity contribution >= 4 is 11.9 Å². The lowest BCUT2D eigenvalue weighted by molar-refractivity contribution is -0.120. The highest BCUT2D eigenvalue weighted by atomic mass is 16.5. The molecule has 18 heavy (non-hydrogen) atoms. The van der Waals surface area contributed by atoms with Gasteiger partial charge in [0.1, 0.15) is 0 Å². The number of aromatic nitrogens is 2. The molecule has 1 fully saturated rings. The van der Waals surface area contributed by atoms with Gasteiger partial charge in [-0.3, -0.25) is 9.69 Å². The first-order chi connectivity index (χ1) is 8.65. The summed E-state index contributed by atoms with van der Waals surface area (Å²) in [6.07, 6.45) is 2.55. The van der Waals surface area contributed by atoms with E-state index in [1.807, 2.05) is 14.0 Å². The molecule has 2 rings (SSSR count). The lowest BCUT2D eigenvalue weighted by Crippen LogP contribution is -2.45. The molecule has 100 valence electrons. The first-order valence-electron chi connectivity index (χ1n) is 6.47. The molecule has 0 bridgehead atoms. The van der Waals surface area contributed by atoms with Gasteiger partial charge in [-0.2, -0.15) is 4.98 Å². The second kappa shape index (κ2) is 5.48. The summed E-state index contributed by atoms with van der Waals surface area (Å²) in [4.78, 5) is 18.2. The standard InChI is InChI=1S/C12H20N4O2/c1-4-10-14-12(15-18-10)16-7-8(2)5-6-9(13-3)11(16)17/h8-9,13H,4-7H2,1-3H3. The molecule has 0 aliphatic carbocycles. The fourth-order valence-electron chi connectivity index (χ4n) is 2.20. The average molecular weight is 252 g/mol. The molecule has 1 aliphatic heterocycles. The Morgan fingerprint density at radius 3 is 2.89 bits per heavy atom. The number of nitrogens with zero attached hydrogens (tertiary/aromatic N) is 3. The van der Waals surface area contributed by atoms with Crippen LogP contribution < -0.4 is 10.2 Å². The number of rotatable bonds is 3. The monoisotopic (exact) mass is 252 g/mol. The number of nitrogens with one attached hydrogen (secondary N) is 1. The topological polar surface area (TPSA) is 71.3 Å². The van der Waals surface area contributed by atoms with Crippen molar-refractivity contribution in [2.24, 2.45) is 5.92 Å². The number of hydrogen-bond donors (Lipinski definition) is 1. The summed E-state index contributed by atoms with van der Waals surface area (Å²) in [7, 11) is 1.81. The van der Waals surface area contributed by atoms with E-state index in [9.17, 15) is 4.79 Å². The van der Waals surface area contributed by atoms with Crippen LogP contribution in [0, 0.1) is 5.92 Å². The van der Waals surface area contributed by atoms with Crippen LogP contribution in [0.1, 0.15) is 32.6 Å². The third-order valence-electron chi connectivity index (χ3n) is 3.36. The Morgan fingerprint density at radius 2 is 2.28 bits per heavy atom. The van der Waals surface area contributed by atoms with Crippen LogP contribution in [0.4, 0.5) is 5.95 Å². The molecule has 0 spiro atoms. The molecule has 1 aromatic heterocycles. The molecule has 1 amide bonds. The van der Waals surface area contributed by atoms with E-state index in [4.69, 9.17) is 4.52 Å². The van der Waals surface area contributed by atoms with Gasteiger partial charge in [0.25, 0.3) is 5.95 Å². The van der Waals surface area contributed by atoms with E-state index < -0.39 is 0 Å². The van der Waals surface area contributed by atoms with Crippen molar-refractivity contribution < 1.29 is 9.32 Å². The number of anilines is 1. The van der Waals surface area contributed by atoms with E-state index in [0.717, 1.165) is 12.8 Å². The summed E-state index contributed by atoms with van der Waals surface area (Å²) >= 11 is 0. The van der Waals surface area contributed by atoms with Gasteiger partial charge in [0.2, 0.25) is 11.8 Å². The Bertz CT molecular complexity index is 418. The SMILES string of the molecule is CCc1nc(N2CC(C)CCC(NC)C2=O)no1. The predicted molar refractivity (Wildman–Crippen MR) is 67.3 cm³/mol. The fourth-order valence-corrected chi connectivity index (χ4v) is 2.20. The van der Waals surface area contributed by atoms with Crippen LogP contribution in [0.25, 0.3) is 0 Å². The molecule has 6 nitrogen and oxygen atoms in total. The summed E-state index contributed by atoms with van der Waals surface area (Å²) in [5.41, 5.74) is 0. The highest BCUT2D eigenvalue weighted by Gasteiger charge is 2.31. The molecule has 6 heteroatoms. The summed E-state index contributed by atoms with van der Waals surface area (Å²) in [5, 5.41) is 6.95. The normalized spacial score (nSPS) is 25.3. The van der Waals surface area contributed by atoms with Crippen molar-refractivity contribution in [3.63, 3.8) is 0 Å². The molecule has 1 aromatic rings. The third kappa shape index (κ3) is 2.53. The second-order valence-corrected chi connectivity index (χ2v) is 4.81. The number of likely N-dealkylation sites (N-methyl/N-ethyl adjacent to an activating group) is 1. The quantitative estimate of drug-likeness (QED) is 0.868. The first-order valence-corrected chi connectivity index (χ1v) is 6.47. The molecule has 2 unspecified atom stereocenters. The van der Waals surface area contributed by atoms with Crippen molar-refractivity contribution in [3.05, 3.63) is 5.89 Å². The molecule has 0 aromatic carbocycles. The van der Waals surface area contributed by atoms with Crippen LogP contribution in [0.2, 0.25) is 0 Å². The van der Waals surface area contributed by atoms with Gasteiger partial charge in [0.05, 0.1) is 6.04 Å². The Hall–Kier alpha value is -1.43. The van der Waals surface area contributed by atoms with Crippen molar-refractivity contribution in [1.29, 1.82) is 0 Å². The van der Waals surface area contributed by atoms with Crippen molar-refractivity contribution in [3.8, 4) is 0 Å². The van der Waals surface area contributed by atoms with Crippen LogP contribution in [0.15, 0.2) is 4.52 Å². The van der Waals surface area contributed by atoms with Crippen LogP contribution in [-0.2, 0) is 11.2 Å². The molecule has 0 saturated carbocycles. The number of amides is 1. The second-order valence-electron chi connectivity index (χ2n) is 4.81. The average Bonchev–Trinajstić information content (AvgIpc) is 2.79. The number of carbonyl (C=O) groups is 1. The highest BCUT2D eigenvalue weighted by molar-refractivity contribution is 5.95. The zero-order valence-corrected chi connectivity index (χ0v) is 11.1. The zero-order valence-electron chi connectivity index (χ0n) is 11.1. The highest BCUT2D eigenvalue weighted by Crippen LogP contribution is 2.21. The minimum atomic E-state index is -0.154. The van der Waals surface area contributed by atoms with Gasteiger partial charge in [0, 0.05) is 13.0 Å². The van der Waals surface area contributed by atoms with Gasteiger partial charge in [0.15, 0.2) is 0 Å². The summed E-state index contributed by atoms with van der Waals surface area (Å²) in [6.45, 7) is 4.74. The molecule has 2 heterocycles. The van der Waals surface area contributed by atoms with Gasteiger partial charge in [-0.15, -0.1) is 0 Å². The van der Waals surface area contributed by atoms with Crippen LogP contribution in [0.3, 0.4) is 0 Å². The fraction of sp³-hybridized carbons (Fsp3) is 0.750. The largest absolute Gasteiger partial charge is 0.337 e. The maximum absolute atomic E-state index is 12.4. The van der Waals surface area contributed by atoms with E-state index in [1.54, 1.807) is 4.90 Å². The molecular formula is C12H20N4O2. The summed E-state index contributed by atoms with van der Waals surface area (Å²) in [6, 6.07) is -0.154. The summed E-state index contributed by atoms with van der Waals surface area (Å²) < 4.78 is 5.08. The van der Waals surface area contributed by atoms with Gasteiger partial charge in [-0.05, 0) is 31.0 Å². The maximum atomic E-state index is 12.4. The smallest absolute Gasteiger partial charge is 0.272 e. The maximum Gasteiger partial charge on any atom is 0.272 e. The van der Waals surface area contributed by atoms with E-state index in [-0.39, 0.29) is 11.9 Å². The Balaban J connectivity index is 2.24. The Labute approximate surface area is 107 Å². The number of carbonyl (C=O) groups excluding carboxylic acids is 1. The van der Waals surface area contributed by atoms with Crippen molar-refractivity contribution in [2.75, 3.05) is 18.5 Å². The van der Waals surface area contributed by atoms with Crippen LogP contribution in [0.5, 0.6) is 0 Å². The molecular weight excluding hydrogens is 232 g/mol. The first kappa shape index (κ1) is 13.0. The molecule has 0 radical (unpaired) electrons. The van der Waals surface area contributed by atoms with Gasteiger partial charge < -0.3 is 9.84 Å². The Kier molecular flexibility index (Phi) is 3.96. The number of hydrogen-bond acceptors (Lipinski definition) is 5. The van der Waals surface area contributed by atoms with Crippen molar-refractivity contribution in [2.45, 2.75) is 39.2 Å². The van der Waals surface area contributed by atoms with E-state index in [0.29, 0.717) is 30.7 Å². The van der Waals surface area contributed by atoms with E-state index >= 15 is 0 Å². The van der Waals surface area contributed by atoms with Crippen molar-refractivity contribution in [1.82, 2.24) is 15.5 Å². The van der Waals surface area contributed by atoms with E-state index in [2.05, 4.69) is 22.4 Å². The van der Waals surface area contributed by atoms with Gasteiger partial charge in [-0.1, -0.05) is 13.8 Å². The van der Waals surface area contributed by atoms with Crippen LogP contribution >= 0.6 is 0 Å². The summed E-state index contributed by atoms with van der Waals surface area (Å²) in [5.74, 6) is 1.43. The Morgan fingerprint density at radius 1 is 1.50 bits per heavy atom. The molecule has 1 saturated heterocycles. The predicted octanol–water partition coefficient (Wildman–Crippen LogP) is 0.983. The minimum absolute atomic E-state index is 0.0327. The third-order valence-corrected chi connectivity index (χ3v) is 3.36. The lowest BCUT2D eigenvalue weighted by Gasteiger charge is -2.21. The van der Waals surface area contributed by atoms with E-state index in [1.165, 1.54) is 0 Å². The lowest BCUT2D eigenvalue weighted by atomic mass is 10.0.